The van der Waals surface area contributed by atoms with Gasteiger partial charge in [-0.3, -0.25) is 10.1 Å². The van der Waals surface area contributed by atoms with Crippen LogP contribution in [0.1, 0.15) is 27.0 Å². The van der Waals surface area contributed by atoms with Gasteiger partial charge in [0.05, 0.1) is 21.1 Å². The van der Waals surface area contributed by atoms with Crippen molar-refractivity contribution in [1.29, 1.82) is 0 Å². The molecule has 0 amide bonds. The largest absolute Gasteiger partial charge is 0.457 e. The number of nitrogens with zero attached hydrogens (tertiary/aromatic N) is 1. The van der Waals surface area contributed by atoms with E-state index in [0.717, 1.165) is 0 Å². The van der Waals surface area contributed by atoms with Gasteiger partial charge in [-0.15, -0.1) is 0 Å². The Balaban J connectivity index is 1.65. The smallest absolute Gasteiger partial charge is 0.338 e. The monoisotopic (exact) mass is 425 g/mol. The standard InChI is InChI=1S/C22H19NO6S/c1-16-7-10-19(13-21(16)23(25)26)22(24)29-14-17-8-11-20(12-9-17)30(27,28)15-18-5-3-2-4-6-18/h2-13H,14-15H2,1H3. The van der Waals surface area contributed by atoms with Gasteiger partial charge in [0.1, 0.15) is 6.61 Å². The molecule has 0 aliphatic heterocycles. The Bertz CT molecular complexity index is 1170. The highest BCUT2D eigenvalue weighted by Crippen LogP contribution is 2.21. The fraction of sp³-hybridized carbons (Fsp3) is 0.136. The van der Waals surface area contributed by atoms with Crippen LogP contribution in [0.3, 0.4) is 0 Å². The maximum atomic E-state index is 12.5. The number of ether oxygens (including phenoxy) is 1. The summed E-state index contributed by atoms with van der Waals surface area (Å²) in [5.41, 5.74) is 1.67. The number of benzene rings is 3. The molecule has 0 N–H and O–H groups in total. The van der Waals surface area contributed by atoms with Crippen LogP contribution in [0.25, 0.3) is 0 Å². The van der Waals surface area contributed by atoms with Crippen LogP contribution in [0.15, 0.2) is 77.7 Å². The molecule has 3 aromatic carbocycles. The lowest BCUT2D eigenvalue weighted by Crippen LogP contribution is -2.07. The average molecular weight is 425 g/mol. The highest BCUT2D eigenvalue weighted by Gasteiger charge is 2.17. The van der Waals surface area contributed by atoms with Crippen molar-refractivity contribution in [3.8, 4) is 0 Å². The second-order valence-corrected chi connectivity index (χ2v) is 8.71. The van der Waals surface area contributed by atoms with Gasteiger partial charge in [0.15, 0.2) is 9.84 Å². The third kappa shape index (κ3) is 5.09. The van der Waals surface area contributed by atoms with E-state index >= 15 is 0 Å². The van der Waals surface area contributed by atoms with Gasteiger partial charge in [0.25, 0.3) is 5.69 Å². The fourth-order valence-corrected chi connectivity index (χ4v) is 4.18. The molecule has 0 saturated carbocycles. The first-order valence-electron chi connectivity index (χ1n) is 9.04. The highest BCUT2D eigenvalue weighted by molar-refractivity contribution is 7.90. The number of rotatable bonds is 7. The predicted octanol–water partition coefficient (Wildman–Crippen LogP) is 4.23. The Morgan fingerprint density at radius 3 is 2.27 bits per heavy atom. The first-order chi connectivity index (χ1) is 14.3. The van der Waals surface area contributed by atoms with Crippen LogP contribution in [-0.4, -0.2) is 19.3 Å². The summed E-state index contributed by atoms with van der Waals surface area (Å²) in [6.45, 7) is 1.50. The minimum atomic E-state index is -3.49. The molecule has 0 heterocycles. The van der Waals surface area contributed by atoms with Crippen LogP contribution >= 0.6 is 0 Å². The average Bonchev–Trinajstić information content (AvgIpc) is 2.73. The lowest BCUT2D eigenvalue weighted by atomic mass is 10.1. The van der Waals surface area contributed by atoms with E-state index in [1.807, 2.05) is 6.07 Å². The van der Waals surface area contributed by atoms with Gasteiger partial charge in [-0.2, -0.15) is 0 Å². The summed E-state index contributed by atoms with van der Waals surface area (Å²) in [6, 6.07) is 19.1. The SMILES string of the molecule is Cc1ccc(C(=O)OCc2ccc(S(=O)(=O)Cc3ccccc3)cc2)cc1[N+](=O)[O-]. The van der Waals surface area contributed by atoms with Crippen molar-refractivity contribution in [2.45, 2.75) is 24.2 Å². The van der Waals surface area contributed by atoms with Gasteiger partial charge in [-0.25, -0.2) is 13.2 Å². The number of nitro groups is 1. The van der Waals surface area contributed by atoms with Crippen LogP contribution in [0, 0.1) is 17.0 Å². The molecule has 154 valence electrons. The molecule has 7 nitrogen and oxygen atoms in total. The Morgan fingerprint density at radius 2 is 1.63 bits per heavy atom. The van der Waals surface area contributed by atoms with Crippen molar-refractivity contribution in [3.05, 3.63) is 105 Å². The lowest BCUT2D eigenvalue weighted by Gasteiger charge is -2.08. The van der Waals surface area contributed by atoms with Crippen molar-refractivity contribution in [1.82, 2.24) is 0 Å². The summed E-state index contributed by atoms with van der Waals surface area (Å²) < 4.78 is 30.3. The van der Waals surface area contributed by atoms with Crippen LogP contribution < -0.4 is 0 Å². The lowest BCUT2D eigenvalue weighted by molar-refractivity contribution is -0.385. The van der Waals surface area contributed by atoms with Crippen LogP contribution in [0.4, 0.5) is 5.69 Å². The number of hydrogen-bond acceptors (Lipinski definition) is 6. The quantitative estimate of drug-likeness (QED) is 0.319. The molecule has 0 fully saturated rings. The van der Waals surface area contributed by atoms with E-state index < -0.39 is 20.7 Å². The number of esters is 1. The van der Waals surface area contributed by atoms with E-state index in [2.05, 4.69) is 0 Å². The minimum Gasteiger partial charge on any atom is -0.457 e. The molecule has 0 radical (unpaired) electrons. The second kappa shape index (κ2) is 8.87. The van der Waals surface area contributed by atoms with Crippen molar-refractivity contribution >= 4 is 21.5 Å². The molecule has 0 unspecified atom stereocenters. The molecule has 8 heteroatoms. The third-order valence-corrected chi connectivity index (χ3v) is 6.20. The zero-order chi connectivity index (χ0) is 21.7. The fourth-order valence-electron chi connectivity index (χ4n) is 2.84. The highest BCUT2D eigenvalue weighted by atomic mass is 32.2. The van der Waals surface area contributed by atoms with Gasteiger partial charge in [-0.05, 0) is 36.2 Å². The van der Waals surface area contributed by atoms with E-state index in [9.17, 15) is 23.3 Å². The molecule has 0 spiro atoms. The number of hydrogen-bond donors (Lipinski definition) is 0. The maximum absolute atomic E-state index is 12.5. The van der Waals surface area contributed by atoms with Crippen molar-refractivity contribution < 1.29 is 22.9 Å². The zero-order valence-corrected chi connectivity index (χ0v) is 17.0. The van der Waals surface area contributed by atoms with Crippen molar-refractivity contribution in [2.75, 3.05) is 0 Å². The summed E-state index contributed by atoms with van der Waals surface area (Å²) >= 11 is 0. The van der Waals surface area contributed by atoms with Crippen LogP contribution in [-0.2, 0) is 26.9 Å². The third-order valence-electron chi connectivity index (χ3n) is 4.49. The van der Waals surface area contributed by atoms with Gasteiger partial charge >= 0.3 is 5.97 Å². The molecule has 30 heavy (non-hydrogen) atoms. The Morgan fingerprint density at radius 1 is 0.967 bits per heavy atom. The number of sulfone groups is 1. The number of carbonyl (C=O) groups is 1. The van der Waals surface area contributed by atoms with E-state index in [1.54, 1.807) is 43.3 Å². The molecule has 3 aromatic rings. The van der Waals surface area contributed by atoms with E-state index in [-0.39, 0.29) is 28.5 Å². The van der Waals surface area contributed by atoms with E-state index in [4.69, 9.17) is 4.74 Å². The predicted molar refractivity (Wildman–Crippen MR) is 111 cm³/mol. The second-order valence-electron chi connectivity index (χ2n) is 6.72. The van der Waals surface area contributed by atoms with Gasteiger partial charge in [-0.1, -0.05) is 48.5 Å². The van der Waals surface area contributed by atoms with Crippen LogP contribution in [0.2, 0.25) is 0 Å². The Hall–Kier alpha value is -3.52. The first kappa shape index (κ1) is 21.2. The summed E-state index contributed by atoms with van der Waals surface area (Å²) in [5, 5.41) is 11.0. The van der Waals surface area contributed by atoms with Crippen LogP contribution in [0.5, 0.6) is 0 Å². The summed E-state index contributed by atoms with van der Waals surface area (Å²) in [5.74, 6) is -0.798. The zero-order valence-electron chi connectivity index (χ0n) is 16.1. The topological polar surface area (TPSA) is 104 Å². The minimum absolute atomic E-state index is 0.0781. The number of aryl methyl sites for hydroxylation is 1. The van der Waals surface area contributed by atoms with E-state index in [0.29, 0.717) is 16.7 Å². The van der Waals surface area contributed by atoms with Crippen molar-refractivity contribution in [3.63, 3.8) is 0 Å². The van der Waals surface area contributed by atoms with Gasteiger partial charge < -0.3 is 4.74 Å². The molecule has 0 aliphatic rings. The molecule has 0 bridgehead atoms. The molecule has 0 saturated heterocycles. The van der Waals surface area contributed by atoms with Gasteiger partial charge in [0.2, 0.25) is 0 Å². The Kier molecular flexibility index (Phi) is 6.27. The summed E-state index contributed by atoms with van der Waals surface area (Å²) in [7, 11) is -3.49. The Labute approximate surface area is 174 Å². The molecule has 3 rings (SSSR count). The molecule has 0 aliphatic carbocycles. The molecular formula is C22H19NO6S. The normalized spacial score (nSPS) is 11.1. The maximum Gasteiger partial charge on any atom is 0.338 e. The van der Waals surface area contributed by atoms with E-state index in [1.165, 1.54) is 30.3 Å². The molecule has 0 aromatic heterocycles. The van der Waals surface area contributed by atoms with Crippen molar-refractivity contribution in [2.24, 2.45) is 0 Å². The molecule has 0 atom stereocenters. The number of nitro benzene ring substituents is 1. The summed E-state index contributed by atoms with van der Waals surface area (Å²) in [4.78, 5) is 22.8. The molecular weight excluding hydrogens is 406 g/mol. The summed E-state index contributed by atoms with van der Waals surface area (Å²) in [6.07, 6.45) is 0. The van der Waals surface area contributed by atoms with Gasteiger partial charge in [0, 0.05) is 11.6 Å². The first-order valence-corrected chi connectivity index (χ1v) is 10.7. The number of carbonyl (C=O) groups excluding carboxylic acids is 1.